The van der Waals surface area contributed by atoms with Crippen LogP contribution in [0.4, 0.5) is 8.78 Å². The maximum Gasteiger partial charge on any atom is 0.200 e. The molecule has 1 aromatic rings. The molecule has 1 aromatic carbocycles. The monoisotopic (exact) mass is 252 g/mol. The highest BCUT2D eigenvalue weighted by Gasteiger charge is 2.21. The molecule has 0 saturated heterocycles. The molecule has 0 fully saturated rings. The van der Waals surface area contributed by atoms with E-state index in [1.807, 2.05) is 0 Å². The van der Waals surface area contributed by atoms with Gasteiger partial charge in [0.2, 0.25) is 0 Å². The highest BCUT2D eigenvalue weighted by molar-refractivity contribution is 6.17. The van der Waals surface area contributed by atoms with Crippen molar-refractivity contribution >= 4 is 11.6 Å². The minimum absolute atomic E-state index is 0.0997. The van der Waals surface area contributed by atoms with Gasteiger partial charge in [0, 0.05) is 5.88 Å². The topological polar surface area (TPSA) is 60.7 Å². The molecule has 3 N–H and O–H groups in total. The molecule has 0 heterocycles. The number of rotatable bonds is 4. The van der Waals surface area contributed by atoms with E-state index in [9.17, 15) is 19.0 Å². The third-order valence-electron chi connectivity index (χ3n) is 2.14. The average molecular weight is 253 g/mol. The largest absolute Gasteiger partial charge is 0.505 e. The van der Waals surface area contributed by atoms with Gasteiger partial charge in [-0.05, 0) is 24.1 Å². The number of aromatic hydroxyl groups is 1. The van der Waals surface area contributed by atoms with Crippen LogP contribution in [0.15, 0.2) is 12.1 Å². The Morgan fingerprint density at radius 1 is 1.25 bits per heavy atom. The van der Waals surface area contributed by atoms with Crippen LogP contribution >= 0.6 is 11.6 Å². The first-order valence-corrected chi connectivity index (χ1v) is 5.10. The summed E-state index contributed by atoms with van der Waals surface area (Å²) in [7, 11) is 0. The second-order valence-electron chi connectivity index (χ2n) is 3.33. The molecule has 0 aliphatic carbocycles. The van der Waals surface area contributed by atoms with E-state index in [-0.39, 0.29) is 17.9 Å². The standard InChI is InChI=1S/C10H11ClF2O3/c11-2-1-7(14)10(16)5-3-6(12)9(13)8(15)4-5/h3-4,7,10,14-16H,1-2H2. The molecule has 2 atom stereocenters. The molecule has 0 aliphatic heterocycles. The lowest BCUT2D eigenvalue weighted by Crippen LogP contribution is -2.18. The second-order valence-corrected chi connectivity index (χ2v) is 3.70. The van der Waals surface area contributed by atoms with Gasteiger partial charge in [-0.3, -0.25) is 0 Å². The lowest BCUT2D eigenvalue weighted by molar-refractivity contribution is 0.0166. The van der Waals surface area contributed by atoms with Gasteiger partial charge in [-0.15, -0.1) is 11.6 Å². The van der Waals surface area contributed by atoms with Crippen LogP contribution in [0.25, 0.3) is 0 Å². The van der Waals surface area contributed by atoms with E-state index >= 15 is 0 Å². The molecule has 3 nitrogen and oxygen atoms in total. The van der Waals surface area contributed by atoms with E-state index in [2.05, 4.69) is 0 Å². The summed E-state index contributed by atoms with van der Waals surface area (Å²) in [5, 5.41) is 27.9. The molecular weight excluding hydrogens is 242 g/mol. The number of aliphatic hydroxyl groups excluding tert-OH is 2. The van der Waals surface area contributed by atoms with Crippen molar-refractivity contribution in [3.63, 3.8) is 0 Å². The molecule has 0 amide bonds. The Morgan fingerprint density at radius 3 is 2.38 bits per heavy atom. The Hall–Kier alpha value is -0.910. The molecule has 6 heteroatoms. The molecule has 2 unspecified atom stereocenters. The highest BCUT2D eigenvalue weighted by atomic mass is 35.5. The van der Waals surface area contributed by atoms with Crippen molar-refractivity contribution in [3.8, 4) is 5.75 Å². The first kappa shape index (κ1) is 13.2. The Bertz CT molecular complexity index is 350. The normalized spacial score (nSPS) is 14.8. The minimum atomic E-state index is -1.42. The summed E-state index contributed by atoms with van der Waals surface area (Å²) >= 11 is 5.36. The van der Waals surface area contributed by atoms with Crippen molar-refractivity contribution in [2.75, 3.05) is 5.88 Å². The molecule has 0 aliphatic rings. The predicted octanol–water partition coefficient (Wildman–Crippen LogP) is 1.69. The Balaban J connectivity index is 2.96. The van der Waals surface area contributed by atoms with Crippen LogP contribution in [-0.4, -0.2) is 27.3 Å². The molecule has 0 aromatic heterocycles. The highest BCUT2D eigenvalue weighted by Crippen LogP contribution is 2.27. The molecule has 0 bridgehead atoms. The van der Waals surface area contributed by atoms with E-state index in [0.717, 1.165) is 12.1 Å². The molecule has 90 valence electrons. The summed E-state index contributed by atoms with van der Waals surface area (Å²) in [4.78, 5) is 0. The van der Waals surface area contributed by atoms with Gasteiger partial charge < -0.3 is 15.3 Å². The van der Waals surface area contributed by atoms with Gasteiger partial charge in [0.1, 0.15) is 6.10 Å². The summed E-state index contributed by atoms with van der Waals surface area (Å²) in [6.07, 6.45) is -2.51. The number of hydrogen-bond donors (Lipinski definition) is 3. The first-order valence-electron chi connectivity index (χ1n) is 4.57. The number of benzene rings is 1. The van der Waals surface area contributed by atoms with Crippen LogP contribution in [0.2, 0.25) is 0 Å². The summed E-state index contributed by atoms with van der Waals surface area (Å²) in [5.74, 6) is -3.46. The molecular formula is C10H11ClF2O3. The van der Waals surface area contributed by atoms with Crippen LogP contribution in [0, 0.1) is 11.6 Å². The number of halogens is 3. The number of alkyl halides is 1. The summed E-state index contributed by atoms with van der Waals surface area (Å²) in [6.45, 7) is 0. The molecule has 16 heavy (non-hydrogen) atoms. The summed E-state index contributed by atoms with van der Waals surface area (Å²) < 4.78 is 25.6. The van der Waals surface area contributed by atoms with Gasteiger partial charge >= 0.3 is 0 Å². The molecule has 1 rings (SSSR count). The Kier molecular flexibility index (Phi) is 4.46. The fourth-order valence-corrected chi connectivity index (χ4v) is 1.48. The van der Waals surface area contributed by atoms with Crippen molar-refractivity contribution in [3.05, 3.63) is 29.3 Å². The third-order valence-corrected chi connectivity index (χ3v) is 2.36. The van der Waals surface area contributed by atoms with Crippen LogP contribution in [-0.2, 0) is 0 Å². The number of hydrogen-bond acceptors (Lipinski definition) is 3. The van der Waals surface area contributed by atoms with Gasteiger partial charge in [0.25, 0.3) is 0 Å². The zero-order valence-electron chi connectivity index (χ0n) is 8.20. The van der Waals surface area contributed by atoms with Crippen molar-refractivity contribution in [1.29, 1.82) is 0 Å². The van der Waals surface area contributed by atoms with Gasteiger partial charge in [-0.25, -0.2) is 4.39 Å². The van der Waals surface area contributed by atoms with Crippen LogP contribution in [0.1, 0.15) is 18.1 Å². The zero-order chi connectivity index (χ0) is 12.3. The zero-order valence-corrected chi connectivity index (χ0v) is 8.96. The fraction of sp³-hybridized carbons (Fsp3) is 0.400. The quantitative estimate of drug-likeness (QED) is 0.715. The van der Waals surface area contributed by atoms with Crippen molar-refractivity contribution in [2.45, 2.75) is 18.6 Å². The number of phenolic OH excluding ortho intramolecular Hbond substituents is 1. The van der Waals surface area contributed by atoms with Gasteiger partial charge in [-0.2, -0.15) is 4.39 Å². The van der Waals surface area contributed by atoms with E-state index < -0.39 is 29.6 Å². The average Bonchev–Trinajstić information content (AvgIpc) is 2.24. The third kappa shape index (κ3) is 2.81. The Morgan fingerprint density at radius 2 is 1.88 bits per heavy atom. The van der Waals surface area contributed by atoms with Crippen molar-refractivity contribution in [2.24, 2.45) is 0 Å². The van der Waals surface area contributed by atoms with Crippen molar-refractivity contribution in [1.82, 2.24) is 0 Å². The molecule has 0 saturated carbocycles. The maximum atomic E-state index is 12.9. The lowest BCUT2D eigenvalue weighted by Gasteiger charge is -2.17. The second kappa shape index (κ2) is 5.43. The maximum absolute atomic E-state index is 12.9. The van der Waals surface area contributed by atoms with Crippen molar-refractivity contribution < 1.29 is 24.1 Å². The van der Waals surface area contributed by atoms with E-state index in [4.69, 9.17) is 16.7 Å². The van der Waals surface area contributed by atoms with E-state index in [1.54, 1.807) is 0 Å². The van der Waals surface area contributed by atoms with E-state index in [1.165, 1.54) is 0 Å². The van der Waals surface area contributed by atoms with Gasteiger partial charge in [0.05, 0.1) is 6.10 Å². The van der Waals surface area contributed by atoms with Crippen LogP contribution in [0.3, 0.4) is 0 Å². The number of aliphatic hydroxyl groups is 2. The van der Waals surface area contributed by atoms with Gasteiger partial charge in [0.15, 0.2) is 17.4 Å². The fourth-order valence-electron chi connectivity index (χ4n) is 1.26. The number of phenols is 1. The first-order chi connectivity index (χ1) is 7.47. The predicted molar refractivity (Wildman–Crippen MR) is 54.3 cm³/mol. The smallest absolute Gasteiger partial charge is 0.200 e. The molecule has 0 spiro atoms. The minimum Gasteiger partial charge on any atom is -0.505 e. The van der Waals surface area contributed by atoms with Crippen LogP contribution in [0.5, 0.6) is 5.75 Å². The SMILES string of the molecule is Oc1cc(C(O)C(O)CCCl)cc(F)c1F. The lowest BCUT2D eigenvalue weighted by atomic mass is 10.0. The van der Waals surface area contributed by atoms with Gasteiger partial charge in [-0.1, -0.05) is 0 Å². The van der Waals surface area contributed by atoms with E-state index in [0.29, 0.717) is 0 Å². The summed E-state index contributed by atoms with van der Waals surface area (Å²) in [6, 6.07) is 1.58. The summed E-state index contributed by atoms with van der Waals surface area (Å²) in [5.41, 5.74) is -0.103. The molecule has 0 radical (unpaired) electrons. The Labute approximate surface area is 95.9 Å². The van der Waals surface area contributed by atoms with Crippen LogP contribution < -0.4 is 0 Å².